The van der Waals surface area contributed by atoms with Crippen LogP contribution >= 0.6 is 11.8 Å². The van der Waals surface area contributed by atoms with E-state index in [1.54, 1.807) is 0 Å². The van der Waals surface area contributed by atoms with Crippen LogP contribution < -0.4 is 15.5 Å². The Morgan fingerprint density at radius 2 is 2.00 bits per heavy atom. The second-order valence-corrected chi connectivity index (χ2v) is 6.11. The highest BCUT2D eigenvalue weighted by atomic mass is 32.2. The van der Waals surface area contributed by atoms with E-state index >= 15 is 0 Å². The third kappa shape index (κ3) is 3.37. The van der Waals surface area contributed by atoms with Gasteiger partial charge in [0.1, 0.15) is 0 Å². The maximum atomic E-state index is 6.02. The average Bonchev–Trinajstić information content (AvgIpc) is 2.45. The molecule has 0 amide bonds. The van der Waals surface area contributed by atoms with Crippen molar-refractivity contribution in [3.63, 3.8) is 0 Å². The predicted molar refractivity (Wildman–Crippen MR) is 87.5 cm³/mol. The van der Waals surface area contributed by atoms with Gasteiger partial charge in [-0.05, 0) is 37.0 Å². The first kappa shape index (κ1) is 14.5. The van der Waals surface area contributed by atoms with Crippen LogP contribution in [0.5, 0.6) is 0 Å². The molecular formula is C15H25N3S. The molecule has 1 atom stereocenters. The lowest BCUT2D eigenvalue weighted by Crippen LogP contribution is -2.48. The van der Waals surface area contributed by atoms with Gasteiger partial charge in [0.2, 0.25) is 0 Å². The second-order valence-electron chi connectivity index (χ2n) is 5.13. The number of nitrogens with zero attached hydrogens (tertiary/aromatic N) is 2. The molecule has 0 radical (unpaired) electrons. The molecule has 0 saturated heterocycles. The van der Waals surface area contributed by atoms with Gasteiger partial charge in [-0.1, -0.05) is 12.1 Å². The maximum absolute atomic E-state index is 6.02. The zero-order valence-corrected chi connectivity index (χ0v) is 12.8. The van der Waals surface area contributed by atoms with E-state index in [2.05, 4.69) is 47.4 Å². The Morgan fingerprint density at radius 3 is 2.68 bits per heavy atom. The molecule has 0 saturated carbocycles. The Hall–Kier alpha value is -0.870. The third-order valence-electron chi connectivity index (χ3n) is 3.88. The number of fused-ring (bicyclic) bond motifs is 1. The van der Waals surface area contributed by atoms with Crippen LogP contribution in [0.25, 0.3) is 0 Å². The van der Waals surface area contributed by atoms with Crippen LogP contribution in [0, 0.1) is 0 Å². The van der Waals surface area contributed by atoms with Crippen molar-refractivity contribution in [1.29, 1.82) is 0 Å². The van der Waals surface area contributed by atoms with E-state index < -0.39 is 0 Å². The number of hydrogen-bond acceptors (Lipinski definition) is 4. The standard InChI is InChI=1S/C15H25N3S/c1-17-9-10-18(13(12-16)6-5-11-19-2)15-8-4-3-7-14(15)17/h3-4,7-8,13H,5-6,9-12,16H2,1-2H3. The maximum Gasteiger partial charge on any atom is 0.0607 e. The van der Waals surface area contributed by atoms with E-state index in [1.807, 2.05) is 11.8 Å². The van der Waals surface area contributed by atoms with Gasteiger partial charge in [0.05, 0.1) is 11.4 Å². The van der Waals surface area contributed by atoms with Crippen LogP contribution in [0.15, 0.2) is 24.3 Å². The summed E-state index contributed by atoms with van der Waals surface area (Å²) in [5, 5.41) is 0. The first-order valence-electron chi connectivity index (χ1n) is 7.03. The monoisotopic (exact) mass is 279 g/mol. The summed E-state index contributed by atoms with van der Waals surface area (Å²) in [4.78, 5) is 4.84. The fourth-order valence-corrected chi connectivity index (χ4v) is 3.23. The minimum atomic E-state index is 0.474. The van der Waals surface area contributed by atoms with Crippen LogP contribution in [0.3, 0.4) is 0 Å². The summed E-state index contributed by atoms with van der Waals surface area (Å²) < 4.78 is 0. The number of likely N-dealkylation sites (N-methyl/N-ethyl adjacent to an activating group) is 1. The van der Waals surface area contributed by atoms with E-state index in [0.717, 1.165) is 19.6 Å². The second kappa shape index (κ2) is 7.06. The van der Waals surface area contributed by atoms with E-state index in [9.17, 15) is 0 Å². The molecule has 2 N–H and O–H groups in total. The number of thioether (sulfide) groups is 1. The summed E-state index contributed by atoms with van der Waals surface area (Å²) in [5.74, 6) is 1.23. The van der Waals surface area contributed by atoms with Gasteiger partial charge in [-0.15, -0.1) is 0 Å². The Bertz CT molecular complexity index is 397. The van der Waals surface area contributed by atoms with Crippen molar-refractivity contribution in [2.75, 3.05) is 48.5 Å². The van der Waals surface area contributed by atoms with Gasteiger partial charge in [-0.3, -0.25) is 0 Å². The molecule has 1 aliphatic rings. The number of hydrogen-bond donors (Lipinski definition) is 1. The molecule has 0 fully saturated rings. The van der Waals surface area contributed by atoms with Gasteiger partial charge >= 0.3 is 0 Å². The molecule has 0 bridgehead atoms. The predicted octanol–water partition coefficient (Wildman–Crippen LogP) is 2.41. The van der Waals surface area contributed by atoms with Crippen molar-refractivity contribution in [2.24, 2.45) is 5.73 Å². The van der Waals surface area contributed by atoms with Crippen molar-refractivity contribution in [3.05, 3.63) is 24.3 Å². The summed E-state index contributed by atoms with van der Waals surface area (Å²) in [5.41, 5.74) is 8.69. The van der Waals surface area contributed by atoms with E-state index in [4.69, 9.17) is 5.73 Å². The summed E-state index contributed by atoms with van der Waals surface area (Å²) in [7, 11) is 2.17. The number of para-hydroxylation sites is 2. The Morgan fingerprint density at radius 1 is 1.26 bits per heavy atom. The topological polar surface area (TPSA) is 32.5 Å². The van der Waals surface area contributed by atoms with Crippen molar-refractivity contribution >= 4 is 23.1 Å². The minimum absolute atomic E-state index is 0.474. The highest BCUT2D eigenvalue weighted by Gasteiger charge is 2.24. The molecule has 0 aliphatic carbocycles. The normalized spacial score (nSPS) is 16.4. The van der Waals surface area contributed by atoms with Gasteiger partial charge in [-0.25, -0.2) is 0 Å². The lowest BCUT2D eigenvalue weighted by molar-refractivity contribution is 0.543. The van der Waals surface area contributed by atoms with Crippen LogP contribution in [0.4, 0.5) is 11.4 Å². The number of nitrogens with two attached hydrogens (primary N) is 1. The zero-order valence-electron chi connectivity index (χ0n) is 12.0. The van der Waals surface area contributed by atoms with Gasteiger partial charge < -0.3 is 15.5 Å². The SMILES string of the molecule is CSCCCC(CN)N1CCN(C)c2ccccc21. The number of anilines is 2. The zero-order chi connectivity index (χ0) is 13.7. The van der Waals surface area contributed by atoms with Crippen molar-refractivity contribution in [2.45, 2.75) is 18.9 Å². The van der Waals surface area contributed by atoms with Crippen LogP contribution in [-0.2, 0) is 0 Å². The van der Waals surface area contributed by atoms with E-state index in [1.165, 1.54) is 30.0 Å². The lowest BCUT2D eigenvalue weighted by Gasteiger charge is -2.41. The quantitative estimate of drug-likeness (QED) is 0.811. The van der Waals surface area contributed by atoms with Crippen molar-refractivity contribution in [1.82, 2.24) is 0 Å². The highest BCUT2D eigenvalue weighted by Crippen LogP contribution is 2.33. The summed E-state index contributed by atoms with van der Waals surface area (Å²) >= 11 is 1.92. The summed E-state index contributed by atoms with van der Waals surface area (Å²) in [6, 6.07) is 9.14. The fourth-order valence-electron chi connectivity index (χ4n) is 2.77. The van der Waals surface area contributed by atoms with Crippen LogP contribution in [0.2, 0.25) is 0 Å². The third-order valence-corrected chi connectivity index (χ3v) is 4.57. The molecule has 1 aromatic carbocycles. The van der Waals surface area contributed by atoms with Gasteiger partial charge in [0.15, 0.2) is 0 Å². The van der Waals surface area contributed by atoms with Crippen molar-refractivity contribution in [3.8, 4) is 0 Å². The Kier molecular flexibility index (Phi) is 5.40. The van der Waals surface area contributed by atoms with Gasteiger partial charge in [-0.2, -0.15) is 11.8 Å². The molecule has 2 rings (SSSR count). The molecule has 4 heteroatoms. The first-order chi connectivity index (χ1) is 9.27. The molecule has 0 spiro atoms. The van der Waals surface area contributed by atoms with E-state index in [0.29, 0.717) is 6.04 Å². The minimum Gasteiger partial charge on any atom is -0.371 e. The molecular weight excluding hydrogens is 254 g/mol. The van der Waals surface area contributed by atoms with Gasteiger partial charge in [0, 0.05) is 32.7 Å². The Labute approximate surface area is 121 Å². The smallest absolute Gasteiger partial charge is 0.0607 e. The van der Waals surface area contributed by atoms with E-state index in [-0.39, 0.29) is 0 Å². The Balaban J connectivity index is 2.13. The molecule has 1 heterocycles. The highest BCUT2D eigenvalue weighted by molar-refractivity contribution is 7.98. The lowest BCUT2D eigenvalue weighted by atomic mass is 10.1. The van der Waals surface area contributed by atoms with Gasteiger partial charge in [0.25, 0.3) is 0 Å². The van der Waals surface area contributed by atoms with Crippen molar-refractivity contribution < 1.29 is 0 Å². The fraction of sp³-hybridized carbons (Fsp3) is 0.600. The molecule has 1 aliphatic heterocycles. The molecule has 3 nitrogen and oxygen atoms in total. The largest absolute Gasteiger partial charge is 0.371 e. The summed E-state index contributed by atoms with van der Waals surface area (Å²) in [6.45, 7) is 2.90. The molecule has 1 aromatic rings. The van der Waals surface area contributed by atoms with Crippen LogP contribution in [0.1, 0.15) is 12.8 Å². The molecule has 1 unspecified atom stereocenters. The number of rotatable bonds is 6. The summed E-state index contributed by atoms with van der Waals surface area (Å²) in [6.07, 6.45) is 4.61. The average molecular weight is 279 g/mol. The number of benzene rings is 1. The molecule has 19 heavy (non-hydrogen) atoms. The first-order valence-corrected chi connectivity index (χ1v) is 8.43. The van der Waals surface area contributed by atoms with Crippen LogP contribution in [-0.4, -0.2) is 44.7 Å². The molecule has 106 valence electrons. The molecule has 0 aromatic heterocycles.